The summed E-state index contributed by atoms with van der Waals surface area (Å²) in [6.45, 7) is 0. The van der Waals surface area contributed by atoms with E-state index in [2.05, 4.69) is 11.1 Å². The third kappa shape index (κ3) is 1.57. The fourth-order valence-electron chi connectivity index (χ4n) is 2.13. The number of halogens is 1. The number of aliphatic imine (C=N–C) groups is 1. The van der Waals surface area contributed by atoms with Gasteiger partial charge in [0.25, 0.3) is 0 Å². The molecule has 0 radical (unpaired) electrons. The highest BCUT2D eigenvalue weighted by Gasteiger charge is 2.55. The number of thioether (sulfide) groups is 1. The van der Waals surface area contributed by atoms with Crippen LogP contribution in [0.5, 0.6) is 0 Å². The number of hydrogen-bond donors (Lipinski definition) is 0. The smallest absolute Gasteiger partial charge is 0.211 e. The topological polar surface area (TPSA) is 29.4 Å². The molecule has 0 saturated carbocycles. The second-order valence-electron chi connectivity index (χ2n) is 3.94. The lowest BCUT2D eigenvalue weighted by Gasteiger charge is -2.14. The van der Waals surface area contributed by atoms with E-state index in [9.17, 15) is 9.18 Å². The van der Waals surface area contributed by atoms with Crippen LogP contribution in [0.3, 0.4) is 0 Å². The Morgan fingerprint density at radius 2 is 2.29 bits per heavy atom. The number of allylic oxidation sites excluding steroid dienone is 2. The predicted molar refractivity (Wildman–Crippen MR) is 65.5 cm³/mol. The molecule has 1 saturated heterocycles. The highest BCUT2D eigenvalue weighted by molar-refractivity contribution is 8.08. The second-order valence-corrected chi connectivity index (χ2v) is 5.36. The Labute approximate surface area is 102 Å². The van der Waals surface area contributed by atoms with Crippen LogP contribution in [0.25, 0.3) is 0 Å². The fourth-order valence-corrected chi connectivity index (χ4v) is 3.38. The Morgan fingerprint density at radius 1 is 1.41 bits per heavy atom. The number of fused-ring (bicyclic) bond motifs is 1. The molecule has 84 valence electrons. The van der Waals surface area contributed by atoms with Gasteiger partial charge in [-0.25, -0.2) is 9.18 Å². The van der Waals surface area contributed by atoms with Crippen LogP contribution in [-0.2, 0) is 9.54 Å². The van der Waals surface area contributed by atoms with Gasteiger partial charge in [0.1, 0.15) is 5.82 Å². The SMILES string of the molecule is O=C=Nc1ccc(F)cc1C12C=CC=CC1S2. The van der Waals surface area contributed by atoms with Crippen molar-refractivity contribution in [3.8, 4) is 0 Å². The van der Waals surface area contributed by atoms with Crippen LogP contribution in [0.4, 0.5) is 10.1 Å². The lowest BCUT2D eigenvalue weighted by Crippen LogP contribution is -2.10. The third-order valence-electron chi connectivity index (χ3n) is 2.97. The molecular weight excluding hydrogens is 237 g/mol. The Kier molecular flexibility index (Phi) is 2.28. The van der Waals surface area contributed by atoms with E-state index in [0.29, 0.717) is 10.9 Å². The predicted octanol–water partition coefficient (Wildman–Crippen LogP) is 3.23. The molecule has 1 aliphatic heterocycles. The van der Waals surface area contributed by atoms with Crippen molar-refractivity contribution in [3.05, 3.63) is 53.9 Å². The molecule has 4 heteroatoms. The summed E-state index contributed by atoms with van der Waals surface area (Å²) in [6.07, 6.45) is 9.54. The van der Waals surface area contributed by atoms with Crippen molar-refractivity contribution in [3.63, 3.8) is 0 Å². The molecule has 3 rings (SSSR count). The zero-order chi connectivity index (χ0) is 11.9. The molecular formula is C13H8FNOS. The highest BCUT2D eigenvalue weighted by atomic mass is 32.2. The van der Waals surface area contributed by atoms with Crippen molar-refractivity contribution in [1.82, 2.24) is 0 Å². The Hall–Kier alpha value is -1.64. The van der Waals surface area contributed by atoms with Gasteiger partial charge in [0.05, 0.1) is 10.4 Å². The maximum absolute atomic E-state index is 13.3. The fraction of sp³-hybridized carbons (Fsp3) is 0.154. The summed E-state index contributed by atoms with van der Waals surface area (Å²) in [6, 6.07) is 4.28. The summed E-state index contributed by atoms with van der Waals surface area (Å²) in [4.78, 5) is 14.0. The summed E-state index contributed by atoms with van der Waals surface area (Å²) in [7, 11) is 0. The minimum Gasteiger partial charge on any atom is -0.211 e. The van der Waals surface area contributed by atoms with Crippen molar-refractivity contribution in [2.75, 3.05) is 0 Å². The lowest BCUT2D eigenvalue weighted by molar-refractivity contribution is 0.565. The number of carbonyl (C=O) groups excluding carboxylic acids is 1. The van der Waals surface area contributed by atoms with Crippen LogP contribution in [0.2, 0.25) is 0 Å². The van der Waals surface area contributed by atoms with E-state index in [4.69, 9.17) is 0 Å². The van der Waals surface area contributed by atoms with Crippen molar-refractivity contribution in [2.24, 2.45) is 4.99 Å². The van der Waals surface area contributed by atoms with Gasteiger partial charge in [0, 0.05) is 10.8 Å². The summed E-state index contributed by atoms with van der Waals surface area (Å²) < 4.78 is 13.1. The van der Waals surface area contributed by atoms with Gasteiger partial charge in [-0.05, 0) is 18.2 Å². The van der Waals surface area contributed by atoms with Gasteiger partial charge < -0.3 is 0 Å². The normalized spacial score (nSPS) is 28.4. The largest absolute Gasteiger partial charge is 0.240 e. The molecule has 1 aromatic rings. The monoisotopic (exact) mass is 245 g/mol. The molecule has 1 fully saturated rings. The molecule has 0 aromatic heterocycles. The van der Waals surface area contributed by atoms with Crippen LogP contribution in [0.15, 0.2) is 47.5 Å². The van der Waals surface area contributed by atoms with Gasteiger partial charge in [0.15, 0.2) is 0 Å². The van der Waals surface area contributed by atoms with Crippen molar-refractivity contribution in [2.45, 2.75) is 10.00 Å². The molecule has 17 heavy (non-hydrogen) atoms. The van der Waals surface area contributed by atoms with E-state index in [1.165, 1.54) is 24.3 Å². The number of nitrogens with zero attached hydrogens (tertiary/aromatic N) is 1. The standard InChI is InChI=1S/C13H8FNOS/c14-9-4-5-11(15-8-16)10(7-9)13-6-2-1-3-12(13)17-13/h1-7,12H. The van der Waals surface area contributed by atoms with Crippen LogP contribution in [-0.4, -0.2) is 11.3 Å². The summed E-state index contributed by atoms with van der Waals surface area (Å²) in [5.74, 6) is -0.312. The Bertz CT molecular complexity index is 589. The van der Waals surface area contributed by atoms with Crippen LogP contribution >= 0.6 is 11.8 Å². The van der Waals surface area contributed by atoms with Gasteiger partial charge in [-0.2, -0.15) is 4.99 Å². The quantitative estimate of drug-likeness (QED) is 0.455. The van der Waals surface area contributed by atoms with E-state index >= 15 is 0 Å². The minimum atomic E-state index is -0.312. The third-order valence-corrected chi connectivity index (χ3v) is 4.50. The molecule has 2 aliphatic rings. The van der Waals surface area contributed by atoms with Gasteiger partial charge in [-0.1, -0.05) is 24.3 Å². The molecule has 0 bridgehead atoms. The highest BCUT2D eigenvalue weighted by Crippen LogP contribution is 2.65. The van der Waals surface area contributed by atoms with E-state index < -0.39 is 0 Å². The van der Waals surface area contributed by atoms with Gasteiger partial charge >= 0.3 is 0 Å². The summed E-state index contributed by atoms with van der Waals surface area (Å²) in [5.41, 5.74) is 1.24. The average molecular weight is 245 g/mol. The van der Waals surface area contributed by atoms with E-state index in [-0.39, 0.29) is 10.6 Å². The van der Waals surface area contributed by atoms with E-state index in [0.717, 1.165) is 5.56 Å². The lowest BCUT2D eigenvalue weighted by atomic mass is 9.91. The first-order valence-corrected chi connectivity index (χ1v) is 6.06. The average Bonchev–Trinajstić information content (AvgIpc) is 3.07. The molecule has 2 atom stereocenters. The van der Waals surface area contributed by atoms with Gasteiger partial charge in [-0.15, -0.1) is 11.8 Å². The molecule has 1 heterocycles. The van der Waals surface area contributed by atoms with Gasteiger partial charge in [-0.3, -0.25) is 0 Å². The zero-order valence-electron chi connectivity index (χ0n) is 8.76. The first-order chi connectivity index (χ1) is 8.26. The summed E-state index contributed by atoms with van der Waals surface area (Å²) in [5, 5.41) is 0.315. The van der Waals surface area contributed by atoms with Gasteiger partial charge in [0.2, 0.25) is 6.08 Å². The van der Waals surface area contributed by atoms with Crippen molar-refractivity contribution in [1.29, 1.82) is 0 Å². The molecule has 1 aliphatic carbocycles. The number of isocyanates is 1. The Morgan fingerprint density at radius 3 is 3.06 bits per heavy atom. The van der Waals surface area contributed by atoms with E-state index in [1.54, 1.807) is 11.8 Å². The molecule has 0 amide bonds. The van der Waals surface area contributed by atoms with E-state index in [1.807, 2.05) is 18.2 Å². The first-order valence-electron chi connectivity index (χ1n) is 5.18. The number of rotatable bonds is 2. The molecule has 2 nitrogen and oxygen atoms in total. The molecule has 0 N–H and O–H groups in total. The molecule has 2 unspecified atom stereocenters. The van der Waals surface area contributed by atoms with Crippen molar-refractivity contribution >= 4 is 23.5 Å². The number of hydrogen-bond acceptors (Lipinski definition) is 3. The van der Waals surface area contributed by atoms with Crippen molar-refractivity contribution < 1.29 is 9.18 Å². The molecule has 1 aromatic carbocycles. The Balaban J connectivity index is 2.14. The summed E-state index contributed by atoms with van der Waals surface area (Å²) >= 11 is 1.72. The second kappa shape index (κ2) is 3.69. The van der Waals surface area contributed by atoms with Crippen LogP contribution in [0, 0.1) is 5.82 Å². The molecule has 0 spiro atoms. The zero-order valence-corrected chi connectivity index (χ0v) is 9.58. The number of benzene rings is 1. The maximum atomic E-state index is 13.3. The minimum absolute atomic E-state index is 0.244. The van der Waals surface area contributed by atoms with Crippen LogP contribution in [0.1, 0.15) is 5.56 Å². The first kappa shape index (κ1) is 10.5. The maximum Gasteiger partial charge on any atom is 0.240 e. The van der Waals surface area contributed by atoms with Crippen LogP contribution < -0.4 is 0 Å².